The van der Waals surface area contributed by atoms with Crippen molar-refractivity contribution in [2.75, 3.05) is 30.4 Å². The quantitative estimate of drug-likeness (QED) is 0.897. The fourth-order valence-electron chi connectivity index (χ4n) is 2.47. The summed E-state index contributed by atoms with van der Waals surface area (Å²) in [7, 11) is 1.86. The molecule has 1 atom stereocenters. The van der Waals surface area contributed by atoms with Gasteiger partial charge in [0.25, 0.3) is 0 Å². The molecule has 0 radical (unpaired) electrons. The number of amides is 1. The van der Waals surface area contributed by atoms with E-state index < -0.39 is 0 Å². The third-order valence-corrected chi connectivity index (χ3v) is 4.04. The first-order valence-electron chi connectivity index (χ1n) is 7.53. The second-order valence-corrected chi connectivity index (χ2v) is 5.90. The van der Waals surface area contributed by atoms with Crippen LogP contribution in [0.25, 0.3) is 0 Å². The first-order valence-corrected chi connectivity index (χ1v) is 7.53. The second kappa shape index (κ2) is 6.89. The van der Waals surface area contributed by atoms with Crippen LogP contribution in [-0.2, 0) is 4.79 Å². The number of piperidine rings is 1. The summed E-state index contributed by atoms with van der Waals surface area (Å²) in [5.74, 6) is -0.378. The molecule has 1 aromatic carbocycles. The van der Waals surface area contributed by atoms with Crippen LogP contribution in [0, 0.1) is 11.7 Å². The number of rotatable bonds is 4. The van der Waals surface area contributed by atoms with E-state index in [1.807, 2.05) is 25.8 Å². The maximum atomic E-state index is 14.1. The molecule has 4 nitrogen and oxygen atoms in total. The van der Waals surface area contributed by atoms with E-state index in [2.05, 4.69) is 10.6 Å². The minimum absolute atomic E-state index is 0.0279. The number of hydrogen-bond acceptors (Lipinski definition) is 3. The van der Waals surface area contributed by atoms with Crippen molar-refractivity contribution >= 4 is 17.3 Å². The van der Waals surface area contributed by atoms with Gasteiger partial charge in [-0.15, -0.1) is 0 Å². The fourth-order valence-corrected chi connectivity index (χ4v) is 2.47. The molecular formula is C16H24FN3O. The summed E-state index contributed by atoms with van der Waals surface area (Å²) in [6.45, 7) is 5.67. The molecular weight excluding hydrogens is 269 g/mol. The lowest BCUT2D eigenvalue weighted by Crippen LogP contribution is -2.37. The van der Waals surface area contributed by atoms with Crippen molar-refractivity contribution in [3.8, 4) is 0 Å². The first kappa shape index (κ1) is 15.8. The summed E-state index contributed by atoms with van der Waals surface area (Å²) in [5.41, 5.74) is 1.06. The number of carbonyl (C=O) groups excluding carboxylic acids is 1. The molecule has 1 aromatic rings. The Hall–Kier alpha value is -1.62. The van der Waals surface area contributed by atoms with E-state index in [0.717, 1.165) is 19.4 Å². The number of nitrogens with one attached hydrogen (secondary N) is 2. The fraction of sp³-hybridized carbons (Fsp3) is 0.562. The third-order valence-electron chi connectivity index (χ3n) is 4.04. The van der Waals surface area contributed by atoms with Crippen molar-refractivity contribution in [1.29, 1.82) is 0 Å². The molecule has 21 heavy (non-hydrogen) atoms. The summed E-state index contributed by atoms with van der Waals surface area (Å²) in [5, 5.41) is 6.02. The molecule has 1 aliphatic rings. The van der Waals surface area contributed by atoms with Gasteiger partial charge in [0.05, 0.1) is 11.6 Å². The third kappa shape index (κ3) is 3.94. The minimum Gasteiger partial charge on any atom is -0.370 e. The highest BCUT2D eigenvalue weighted by molar-refractivity contribution is 5.93. The SMILES string of the molecule is CC(C)N(C)c1ccc(NC(=O)[C@@H]2CCCNC2)cc1F. The molecule has 0 spiro atoms. The predicted molar refractivity (Wildman–Crippen MR) is 84.2 cm³/mol. The number of halogens is 1. The molecule has 0 unspecified atom stereocenters. The van der Waals surface area contributed by atoms with Gasteiger partial charge in [-0.2, -0.15) is 0 Å². The van der Waals surface area contributed by atoms with E-state index in [4.69, 9.17) is 0 Å². The highest BCUT2D eigenvalue weighted by Crippen LogP contribution is 2.24. The van der Waals surface area contributed by atoms with Crippen LogP contribution >= 0.6 is 0 Å². The zero-order valence-corrected chi connectivity index (χ0v) is 12.9. The van der Waals surface area contributed by atoms with E-state index in [1.165, 1.54) is 6.07 Å². The maximum Gasteiger partial charge on any atom is 0.228 e. The van der Waals surface area contributed by atoms with Gasteiger partial charge in [0, 0.05) is 25.3 Å². The predicted octanol–water partition coefficient (Wildman–Crippen LogP) is 2.61. The van der Waals surface area contributed by atoms with Crippen molar-refractivity contribution in [3.05, 3.63) is 24.0 Å². The van der Waals surface area contributed by atoms with Crippen molar-refractivity contribution in [3.63, 3.8) is 0 Å². The highest BCUT2D eigenvalue weighted by Gasteiger charge is 2.21. The molecule has 1 fully saturated rings. The number of carbonyl (C=O) groups is 1. The van der Waals surface area contributed by atoms with Crippen LogP contribution in [-0.4, -0.2) is 32.1 Å². The molecule has 0 saturated carbocycles. The number of nitrogens with zero attached hydrogens (tertiary/aromatic N) is 1. The largest absolute Gasteiger partial charge is 0.370 e. The van der Waals surface area contributed by atoms with E-state index in [-0.39, 0.29) is 23.7 Å². The van der Waals surface area contributed by atoms with E-state index in [9.17, 15) is 9.18 Å². The van der Waals surface area contributed by atoms with Crippen molar-refractivity contribution < 1.29 is 9.18 Å². The monoisotopic (exact) mass is 293 g/mol. The molecule has 2 N–H and O–H groups in total. The molecule has 0 bridgehead atoms. The number of anilines is 2. The Morgan fingerprint density at radius 1 is 1.48 bits per heavy atom. The lowest BCUT2D eigenvalue weighted by atomic mass is 9.99. The summed E-state index contributed by atoms with van der Waals surface area (Å²) in [4.78, 5) is 14.0. The van der Waals surface area contributed by atoms with E-state index >= 15 is 0 Å². The van der Waals surface area contributed by atoms with Crippen LogP contribution in [0.15, 0.2) is 18.2 Å². The Bertz CT molecular complexity index is 498. The van der Waals surface area contributed by atoms with Crippen LogP contribution in [0.1, 0.15) is 26.7 Å². The standard InChI is InChI=1S/C16H24FN3O/c1-11(2)20(3)15-7-6-13(9-14(15)17)19-16(21)12-5-4-8-18-10-12/h6-7,9,11-12,18H,4-5,8,10H2,1-3H3,(H,19,21)/t12-/m1/s1. The lowest BCUT2D eigenvalue weighted by molar-refractivity contribution is -0.120. The zero-order chi connectivity index (χ0) is 15.4. The molecule has 0 aromatic heterocycles. The molecule has 1 saturated heterocycles. The Balaban J connectivity index is 2.04. The van der Waals surface area contributed by atoms with Crippen LogP contribution in [0.5, 0.6) is 0 Å². The van der Waals surface area contributed by atoms with Crippen molar-refractivity contribution in [1.82, 2.24) is 5.32 Å². The van der Waals surface area contributed by atoms with Crippen LogP contribution < -0.4 is 15.5 Å². The molecule has 116 valence electrons. The van der Waals surface area contributed by atoms with E-state index in [0.29, 0.717) is 17.9 Å². The topological polar surface area (TPSA) is 44.4 Å². The van der Waals surface area contributed by atoms with Crippen LogP contribution in [0.3, 0.4) is 0 Å². The highest BCUT2D eigenvalue weighted by atomic mass is 19.1. The summed E-state index contributed by atoms with van der Waals surface area (Å²) < 4.78 is 14.1. The Kier molecular flexibility index (Phi) is 5.17. The minimum atomic E-state index is -0.314. The second-order valence-electron chi connectivity index (χ2n) is 5.90. The van der Waals surface area contributed by atoms with Gasteiger partial charge in [0.15, 0.2) is 0 Å². The average molecular weight is 293 g/mol. The normalized spacial score (nSPS) is 18.6. The van der Waals surface area contributed by atoms with Gasteiger partial charge in [0.2, 0.25) is 5.91 Å². The molecule has 2 rings (SSSR count). The zero-order valence-electron chi connectivity index (χ0n) is 12.9. The van der Waals surface area contributed by atoms with Crippen molar-refractivity contribution in [2.45, 2.75) is 32.7 Å². The molecule has 1 amide bonds. The van der Waals surface area contributed by atoms with Gasteiger partial charge in [-0.1, -0.05) is 0 Å². The number of benzene rings is 1. The van der Waals surface area contributed by atoms with Crippen molar-refractivity contribution in [2.24, 2.45) is 5.92 Å². The Labute approximate surface area is 125 Å². The van der Waals surface area contributed by atoms with Gasteiger partial charge in [0.1, 0.15) is 5.82 Å². The van der Waals surface area contributed by atoms with E-state index in [1.54, 1.807) is 12.1 Å². The summed E-state index contributed by atoms with van der Waals surface area (Å²) in [6, 6.07) is 5.07. The average Bonchev–Trinajstić information content (AvgIpc) is 2.47. The maximum absolute atomic E-state index is 14.1. The number of hydrogen-bond donors (Lipinski definition) is 2. The van der Waals surface area contributed by atoms with Gasteiger partial charge < -0.3 is 15.5 Å². The lowest BCUT2D eigenvalue weighted by Gasteiger charge is -2.25. The van der Waals surface area contributed by atoms with Gasteiger partial charge in [-0.25, -0.2) is 4.39 Å². The summed E-state index contributed by atoms with van der Waals surface area (Å²) >= 11 is 0. The smallest absolute Gasteiger partial charge is 0.228 e. The van der Waals surface area contributed by atoms with Crippen LogP contribution in [0.4, 0.5) is 15.8 Å². The van der Waals surface area contributed by atoms with Gasteiger partial charge in [-0.3, -0.25) is 4.79 Å². The Morgan fingerprint density at radius 3 is 2.81 bits per heavy atom. The molecule has 1 heterocycles. The Morgan fingerprint density at radius 2 is 2.24 bits per heavy atom. The summed E-state index contributed by atoms with van der Waals surface area (Å²) in [6.07, 6.45) is 1.89. The van der Waals surface area contributed by atoms with Gasteiger partial charge >= 0.3 is 0 Å². The van der Waals surface area contributed by atoms with Crippen LogP contribution in [0.2, 0.25) is 0 Å². The van der Waals surface area contributed by atoms with Gasteiger partial charge in [-0.05, 0) is 51.4 Å². The first-order chi connectivity index (χ1) is 9.99. The molecule has 5 heteroatoms. The molecule has 1 aliphatic heterocycles. The molecule has 0 aliphatic carbocycles.